The summed E-state index contributed by atoms with van der Waals surface area (Å²) in [6, 6.07) is 10.6. The van der Waals surface area contributed by atoms with Crippen LogP contribution in [0.1, 0.15) is 19.8 Å². The average molecular weight is 362 g/mol. The lowest BCUT2D eigenvalue weighted by Crippen LogP contribution is -2.44. The molecule has 134 valence electrons. The number of amides is 1. The van der Waals surface area contributed by atoms with E-state index >= 15 is 0 Å². The van der Waals surface area contributed by atoms with Crippen LogP contribution >= 0.6 is 0 Å². The van der Waals surface area contributed by atoms with Gasteiger partial charge in [-0.1, -0.05) is 24.3 Å². The van der Waals surface area contributed by atoms with E-state index < -0.39 is 21.8 Å². The number of nitrogens with two attached hydrogens (primary N) is 1. The Hall–Kier alpha value is -2.12. The van der Waals surface area contributed by atoms with Crippen molar-refractivity contribution in [3.05, 3.63) is 36.4 Å². The van der Waals surface area contributed by atoms with Crippen LogP contribution < -0.4 is 10.5 Å². The molecular formula is C18H22N2O4S. The quantitative estimate of drug-likeness (QED) is 0.882. The van der Waals surface area contributed by atoms with Crippen LogP contribution in [0, 0.1) is 5.92 Å². The Morgan fingerprint density at radius 2 is 1.96 bits per heavy atom. The third-order valence-electron chi connectivity index (χ3n) is 4.55. The number of fused-ring (bicyclic) bond motifs is 1. The van der Waals surface area contributed by atoms with E-state index in [1.54, 1.807) is 24.3 Å². The van der Waals surface area contributed by atoms with Gasteiger partial charge in [0.25, 0.3) is 0 Å². The van der Waals surface area contributed by atoms with Crippen molar-refractivity contribution in [3.63, 3.8) is 0 Å². The van der Waals surface area contributed by atoms with Crippen molar-refractivity contribution in [3.8, 4) is 5.75 Å². The van der Waals surface area contributed by atoms with Gasteiger partial charge in [-0.15, -0.1) is 0 Å². The van der Waals surface area contributed by atoms with Gasteiger partial charge < -0.3 is 10.5 Å². The van der Waals surface area contributed by atoms with Crippen molar-refractivity contribution in [1.82, 2.24) is 4.31 Å². The number of hydrogen-bond donors (Lipinski definition) is 1. The van der Waals surface area contributed by atoms with Crippen LogP contribution in [0.25, 0.3) is 10.8 Å². The van der Waals surface area contributed by atoms with Crippen LogP contribution in [0.5, 0.6) is 5.75 Å². The average Bonchev–Trinajstić information content (AvgIpc) is 2.62. The van der Waals surface area contributed by atoms with Gasteiger partial charge in [-0.2, -0.15) is 4.31 Å². The van der Waals surface area contributed by atoms with Gasteiger partial charge >= 0.3 is 0 Å². The molecule has 1 amide bonds. The molecule has 0 radical (unpaired) electrons. The number of primary amides is 1. The maximum absolute atomic E-state index is 13.2. The molecular weight excluding hydrogens is 340 g/mol. The van der Waals surface area contributed by atoms with E-state index in [2.05, 4.69) is 0 Å². The zero-order valence-corrected chi connectivity index (χ0v) is 15.0. The van der Waals surface area contributed by atoms with Crippen LogP contribution in [0.4, 0.5) is 0 Å². The molecule has 1 atom stereocenters. The maximum Gasteiger partial charge on any atom is 0.243 e. The fourth-order valence-electron chi connectivity index (χ4n) is 3.28. The molecule has 1 unspecified atom stereocenters. The topological polar surface area (TPSA) is 89.7 Å². The molecule has 3 rings (SSSR count). The van der Waals surface area contributed by atoms with E-state index in [1.165, 1.54) is 4.31 Å². The van der Waals surface area contributed by atoms with Crippen molar-refractivity contribution >= 4 is 26.7 Å². The summed E-state index contributed by atoms with van der Waals surface area (Å²) < 4.78 is 33.3. The monoisotopic (exact) mass is 362 g/mol. The van der Waals surface area contributed by atoms with Crippen molar-refractivity contribution in [2.24, 2.45) is 11.7 Å². The normalized spacial score (nSPS) is 19.0. The summed E-state index contributed by atoms with van der Waals surface area (Å²) in [5, 5.41) is 1.38. The number of carbonyl (C=O) groups is 1. The molecule has 1 aliphatic heterocycles. The molecule has 2 aromatic rings. The molecule has 25 heavy (non-hydrogen) atoms. The molecule has 2 N–H and O–H groups in total. The van der Waals surface area contributed by atoms with Gasteiger partial charge in [0.2, 0.25) is 15.9 Å². The van der Waals surface area contributed by atoms with Crippen LogP contribution in [0.2, 0.25) is 0 Å². The lowest BCUT2D eigenvalue weighted by molar-refractivity contribution is -0.122. The SMILES string of the molecule is CCOc1ccc(S(=O)(=O)N2CCCC(C(N)=O)C2)c2ccccc12. The third-order valence-corrected chi connectivity index (χ3v) is 6.47. The first kappa shape index (κ1) is 17.7. The summed E-state index contributed by atoms with van der Waals surface area (Å²) in [7, 11) is -3.72. The highest BCUT2D eigenvalue weighted by molar-refractivity contribution is 7.89. The number of nitrogens with zero attached hydrogens (tertiary/aromatic N) is 1. The molecule has 0 spiro atoms. The predicted molar refractivity (Wildman–Crippen MR) is 95.8 cm³/mol. The van der Waals surface area contributed by atoms with E-state index in [0.717, 1.165) is 5.39 Å². The third kappa shape index (κ3) is 3.34. The number of hydrogen-bond acceptors (Lipinski definition) is 4. The van der Waals surface area contributed by atoms with Crippen molar-refractivity contribution in [1.29, 1.82) is 0 Å². The zero-order chi connectivity index (χ0) is 18.0. The fraction of sp³-hybridized carbons (Fsp3) is 0.389. The molecule has 1 heterocycles. The molecule has 1 saturated heterocycles. The van der Waals surface area contributed by atoms with E-state index in [-0.39, 0.29) is 11.4 Å². The largest absolute Gasteiger partial charge is 0.493 e. The first-order valence-corrected chi connectivity index (χ1v) is 9.83. The van der Waals surface area contributed by atoms with Gasteiger partial charge in [-0.05, 0) is 31.9 Å². The van der Waals surface area contributed by atoms with Crippen molar-refractivity contribution < 1.29 is 17.9 Å². The Labute approximate surface area is 147 Å². The summed E-state index contributed by atoms with van der Waals surface area (Å²) in [4.78, 5) is 11.7. The highest BCUT2D eigenvalue weighted by Crippen LogP contribution is 2.33. The second kappa shape index (κ2) is 7.01. The van der Waals surface area contributed by atoms with E-state index in [0.29, 0.717) is 37.1 Å². The van der Waals surface area contributed by atoms with Gasteiger partial charge in [-0.3, -0.25) is 4.79 Å². The van der Waals surface area contributed by atoms with Crippen LogP contribution in [0.15, 0.2) is 41.3 Å². The number of benzene rings is 2. The molecule has 7 heteroatoms. The van der Waals surface area contributed by atoms with Crippen LogP contribution in [-0.2, 0) is 14.8 Å². The molecule has 2 aromatic carbocycles. The lowest BCUT2D eigenvalue weighted by Gasteiger charge is -2.30. The Balaban J connectivity index is 2.06. The van der Waals surface area contributed by atoms with Crippen molar-refractivity contribution in [2.45, 2.75) is 24.7 Å². The molecule has 0 bridgehead atoms. The molecule has 1 aliphatic rings. The minimum absolute atomic E-state index is 0.138. The summed E-state index contributed by atoms with van der Waals surface area (Å²) in [5.74, 6) is -0.223. The molecule has 6 nitrogen and oxygen atoms in total. The second-order valence-electron chi connectivity index (χ2n) is 6.15. The summed E-state index contributed by atoms with van der Waals surface area (Å²) in [5.41, 5.74) is 5.38. The second-order valence-corrected chi connectivity index (χ2v) is 8.05. The highest BCUT2D eigenvalue weighted by Gasteiger charge is 2.33. The van der Waals surface area contributed by atoms with E-state index in [9.17, 15) is 13.2 Å². The number of rotatable bonds is 5. The van der Waals surface area contributed by atoms with Gasteiger partial charge in [0, 0.05) is 23.9 Å². The van der Waals surface area contributed by atoms with Crippen LogP contribution in [0.3, 0.4) is 0 Å². The first-order chi connectivity index (χ1) is 11.9. The first-order valence-electron chi connectivity index (χ1n) is 8.39. The van der Waals surface area contributed by atoms with Crippen molar-refractivity contribution in [2.75, 3.05) is 19.7 Å². The lowest BCUT2D eigenvalue weighted by atomic mass is 9.99. The minimum atomic E-state index is -3.72. The zero-order valence-electron chi connectivity index (χ0n) is 14.1. The summed E-state index contributed by atoms with van der Waals surface area (Å²) in [6.45, 7) is 2.92. The van der Waals surface area contributed by atoms with E-state index in [4.69, 9.17) is 10.5 Å². The van der Waals surface area contributed by atoms with Gasteiger partial charge in [0.05, 0.1) is 17.4 Å². The maximum atomic E-state index is 13.2. The van der Waals surface area contributed by atoms with Gasteiger partial charge in [0.1, 0.15) is 5.75 Å². The van der Waals surface area contributed by atoms with Crippen LogP contribution in [-0.4, -0.2) is 38.3 Å². The Bertz CT molecular complexity index is 895. The van der Waals surface area contributed by atoms with E-state index in [1.807, 2.05) is 19.1 Å². The predicted octanol–water partition coefficient (Wildman–Crippen LogP) is 2.12. The van der Waals surface area contributed by atoms with Gasteiger partial charge in [-0.25, -0.2) is 8.42 Å². The Morgan fingerprint density at radius 3 is 2.64 bits per heavy atom. The fourth-order valence-corrected chi connectivity index (χ4v) is 5.00. The molecule has 0 aliphatic carbocycles. The number of sulfonamides is 1. The molecule has 1 fully saturated rings. The summed E-state index contributed by atoms with van der Waals surface area (Å²) >= 11 is 0. The molecule has 0 saturated carbocycles. The number of ether oxygens (including phenoxy) is 1. The standard InChI is InChI=1S/C18H22N2O4S/c1-2-24-16-9-10-17(15-8-4-3-7-14(15)16)25(22,23)20-11-5-6-13(12-20)18(19)21/h3-4,7-10,13H,2,5-6,11-12H2,1H3,(H2,19,21). The minimum Gasteiger partial charge on any atom is -0.493 e. The number of carbonyl (C=O) groups excluding carboxylic acids is 1. The van der Waals surface area contributed by atoms with Gasteiger partial charge in [0.15, 0.2) is 0 Å². The molecule has 0 aromatic heterocycles. The smallest absolute Gasteiger partial charge is 0.243 e. The Kier molecular flexibility index (Phi) is 4.96. The Morgan fingerprint density at radius 1 is 1.24 bits per heavy atom. The number of piperidine rings is 1. The highest BCUT2D eigenvalue weighted by atomic mass is 32.2. The summed E-state index contributed by atoms with van der Waals surface area (Å²) in [6.07, 6.45) is 1.26.